The average molecular weight is 382 g/mol. The second kappa shape index (κ2) is 7.79. The predicted octanol–water partition coefficient (Wildman–Crippen LogP) is 3.76. The standard InChI is InChI=1S/C19H21Cl2NO3/c1-11-2-6-14(7-3-11)22-18(23)16-12-4-5-13(8-12)17(16)19(24)25-15(9-20)10-21/h2-7,12-13,15-17H,8-10H2,1H3,(H,22,23)/t12-,13-,16-,17+/m0/s1. The number of hydrogen-bond acceptors (Lipinski definition) is 3. The van der Waals surface area contributed by atoms with Gasteiger partial charge in [0.15, 0.2) is 0 Å². The highest BCUT2D eigenvalue weighted by atomic mass is 35.5. The van der Waals surface area contributed by atoms with E-state index < -0.39 is 17.9 Å². The van der Waals surface area contributed by atoms with Gasteiger partial charge >= 0.3 is 5.97 Å². The molecule has 0 aliphatic heterocycles. The van der Waals surface area contributed by atoms with Crippen molar-refractivity contribution in [2.24, 2.45) is 23.7 Å². The molecule has 6 heteroatoms. The van der Waals surface area contributed by atoms with Gasteiger partial charge in [-0.25, -0.2) is 0 Å². The fourth-order valence-electron chi connectivity index (χ4n) is 3.71. The molecule has 2 aliphatic rings. The average Bonchev–Trinajstić information content (AvgIpc) is 3.22. The topological polar surface area (TPSA) is 55.4 Å². The van der Waals surface area contributed by atoms with Crippen LogP contribution in [0, 0.1) is 30.6 Å². The van der Waals surface area contributed by atoms with Crippen molar-refractivity contribution in [3.05, 3.63) is 42.0 Å². The fourth-order valence-corrected chi connectivity index (χ4v) is 4.17. The first-order chi connectivity index (χ1) is 12.0. The monoisotopic (exact) mass is 381 g/mol. The van der Waals surface area contributed by atoms with Crippen molar-refractivity contribution in [2.45, 2.75) is 19.4 Å². The van der Waals surface area contributed by atoms with Gasteiger partial charge in [0.05, 0.1) is 23.6 Å². The third-order valence-corrected chi connectivity index (χ3v) is 5.67. The van der Waals surface area contributed by atoms with Crippen molar-refractivity contribution in [1.82, 2.24) is 0 Å². The van der Waals surface area contributed by atoms with Gasteiger partial charge in [-0.15, -0.1) is 23.2 Å². The lowest BCUT2D eigenvalue weighted by Gasteiger charge is -2.27. The zero-order chi connectivity index (χ0) is 18.0. The summed E-state index contributed by atoms with van der Waals surface area (Å²) in [5.41, 5.74) is 1.85. The van der Waals surface area contributed by atoms with Gasteiger partial charge in [-0.1, -0.05) is 29.8 Å². The Hall–Kier alpha value is -1.52. The smallest absolute Gasteiger partial charge is 0.310 e. The number of carbonyl (C=O) groups is 2. The Kier molecular flexibility index (Phi) is 5.70. The van der Waals surface area contributed by atoms with Crippen LogP contribution in [0.5, 0.6) is 0 Å². The van der Waals surface area contributed by atoms with Crippen LogP contribution in [0.3, 0.4) is 0 Å². The lowest BCUT2D eigenvalue weighted by molar-refractivity contribution is -0.156. The van der Waals surface area contributed by atoms with E-state index in [0.29, 0.717) is 0 Å². The molecule has 0 heterocycles. The molecule has 1 fully saturated rings. The summed E-state index contributed by atoms with van der Waals surface area (Å²) in [5.74, 6) is -1.03. The number of allylic oxidation sites excluding steroid dienone is 2. The van der Waals surface area contributed by atoms with Crippen LogP contribution >= 0.6 is 23.2 Å². The summed E-state index contributed by atoms with van der Waals surface area (Å²) in [6.07, 6.45) is 4.33. The van der Waals surface area contributed by atoms with E-state index in [1.807, 2.05) is 43.3 Å². The zero-order valence-corrected chi connectivity index (χ0v) is 15.5. The SMILES string of the molecule is Cc1ccc(NC(=O)[C@@H]2[C@H](C(=O)OC(CCl)CCl)[C@H]3C=C[C@H]2C3)cc1. The van der Waals surface area contributed by atoms with Crippen LogP contribution in [0.15, 0.2) is 36.4 Å². The van der Waals surface area contributed by atoms with E-state index in [-0.39, 0.29) is 35.5 Å². The second-order valence-corrected chi connectivity index (χ2v) is 7.34. The maximum atomic E-state index is 12.8. The Morgan fingerprint density at radius 1 is 1.12 bits per heavy atom. The van der Waals surface area contributed by atoms with E-state index in [9.17, 15) is 9.59 Å². The van der Waals surface area contributed by atoms with Crippen molar-refractivity contribution in [2.75, 3.05) is 17.1 Å². The summed E-state index contributed by atoms with van der Waals surface area (Å²) < 4.78 is 5.42. The Morgan fingerprint density at radius 2 is 1.72 bits per heavy atom. The molecule has 4 atom stereocenters. The number of carbonyl (C=O) groups excluding carboxylic acids is 2. The lowest BCUT2D eigenvalue weighted by atomic mass is 9.82. The number of aryl methyl sites for hydroxylation is 1. The largest absolute Gasteiger partial charge is 0.460 e. The number of benzene rings is 1. The van der Waals surface area contributed by atoms with Crippen molar-refractivity contribution >= 4 is 40.8 Å². The molecule has 0 aromatic heterocycles. The van der Waals surface area contributed by atoms with Gasteiger partial charge in [0.2, 0.25) is 5.91 Å². The number of anilines is 1. The van der Waals surface area contributed by atoms with Crippen molar-refractivity contribution in [3.63, 3.8) is 0 Å². The summed E-state index contributed by atoms with van der Waals surface area (Å²) in [5, 5.41) is 2.93. The highest BCUT2D eigenvalue weighted by Crippen LogP contribution is 2.49. The molecule has 1 saturated carbocycles. The van der Waals surface area contributed by atoms with Crippen molar-refractivity contribution in [1.29, 1.82) is 0 Å². The van der Waals surface area contributed by atoms with E-state index >= 15 is 0 Å². The predicted molar refractivity (Wildman–Crippen MR) is 98.8 cm³/mol. The van der Waals surface area contributed by atoms with Gasteiger partial charge in [-0.05, 0) is 37.3 Å². The van der Waals surface area contributed by atoms with Crippen LogP contribution in [0.2, 0.25) is 0 Å². The van der Waals surface area contributed by atoms with E-state index in [2.05, 4.69) is 5.32 Å². The highest BCUT2D eigenvalue weighted by molar-refractivity contribution is 6.21. The van der Waals surface area contributed by atoms with Crippen LogP contribution in [0.25, 0.3) is 0 Å². The Morgan fingerprint density at radius 3 is 2.32 bits per heavy atom. The van der Waals surface area contributed by atoms with Crippen LogP contribution < -0.4 is 5.32 Å². The molecular weight excluding hydrogens is 361 g/mol. The number of ether oxygens (including phenoxy) is 1. The van der Waals surface area contributed by atoms with Gasteiger partial charge < -0.3 is 10.1 Å². The van der Waals surface area contributed by atoms with Crippen LogP contribution in [-0.4, -0.2) is 29.7 Å². The zero-order valence-electron chi connectivity index (χ0n) is 14.0. The Labute approximate surface area is 157 Å². The molecule has 0 unspecified atom stereocenters. The molecule has 2 aliphatic carbocycles. The van der Waals surface area contributed by atoms with Crippen LogP contribution in [0.4, 0.5) is 5.69 Å². The number of fused-ring (bicyclic) bond motifs is 2. The Balaban J connectivity index is 1.73. The summed E-state index contributed by atoms with van der Waals surface area (Å²) in [7, 11) is 0. The molecule has 2 bridgehead atoms. The summed E-state index contributed by atoms with van der Waals surface area (Å²) in [6, 6.07) is 7.60. The van der Waals surface area contributed by atoms with Gasteiger partial charge in [0.25, 0.3) is 0 Å². The number of amides is 1. The molecular formula is C19H21Cl2NO3. The van der Waals surface area contributed by atoms with Gasteiger partial charge in [-0.3, -0.25) is 9.59 Å². The first kappa shape index (κ1) is 18.3. The van der Waals surface area contributed by atoms with Crippen molar-refractivity contribution in [3.8, 4) is 0 Å². The normalized spacial score (nSPS) is 26.9. The summed E-state index contributed by atoms with van der Waals surface area (Å²) in [6.45, 7) is 1.99. The maximum Gasteiger partial charge on any atom is 0.310 e. The van der Waals surface area contributed by atoms with Gasteiger partial charge in [0, 0.05) is 5.69 Å². The van der Waals surface area contributed by atoms with Crippen LogP contribution in [-0.2, 0) is 14.3 Å². The van der Waals surface area contributed by atoms with E-state index in [1.165, 1.54) is 0 Å². The quantitative estimate of drug-likeness (QED) is 0.463. The minimum Gasteiger partial charge on any atom is -0.460 e. The van der Waals surface area contributed by atoms with E-state index in [0.717, 1.165) is 17.7 Å². The number of alkyl halides is 2. The highest BCUT2D eigenvalue weighted by Gasteiger charge is 2.52. The van der Waals surface area contributed by atoms with Crippen molar-refractivity contribution < 1.29 is 14.3 Å². The molecule has 1 aromatic carbocycles. The van der Waals surface area contributed by atoms with Gasteiger partial charge in [-0.2, -0.15) is 0 Å². The second-order valence-electron chi connectivity index (χ2n) is 6.72. The first-order valence-electron chi connectivity index (χ1n) is 8.41. The first-order valence-corrected chi connectivity index (χ1v) is 9.48. The van der Waals surface area contributed by atoms with Crippen LogP contribution in [0.1, 0.15) is 12.0 Å². The number of nitrogens with one attached hydrogen (secondary N) is 1. The molecule has 1 N–H and O–H groups in total. The molecule has 134 valence electrons. The van der Waals surface area contributed by atoms with E-state index in [1.54, 1.807) is 0 Å². The maximum absolute atomic E-state index is 12.8. The summed E-state index contributed by atoms with van der Waals surface area (Å²) >= 11 is 11.5. The summed E-state index contributed by atoms with van der Waals surface area (Å²) in [4.78, 5) is 25.4. The molecule has 1 aromatic rings. The number of rotatable bonds is 6. The molecule has 0 spiro atoms. The molecule has 3 rings (SSSR count). The molecule has 0 saturated heterocycles. The van der Waals surface area contributed by atoms with Gasteiger partial charge in [0.1, 0.15) is 6.10 Å². The fraction of sp³-hybridized carbons (Fsp3) is 0.474. The van der Waals surface area contributed by atoms with E-state index in [4.69, 9.17) is 27.9 Å². The number of hydrogen-bond donors (Lipinski definition) is 1. The third-order valence-electron chi connectivity index (χ3n) is 4.98. The minimum absolute atomic E-state index is 0.0394. The number of halogens is 2. The Bertz CT molecular complexity index is 670. The molecule has 4 nitrogen and oxygen atoms in total. The minimum atomic E-state index is -0.528. The third kappa shape index (κ3) is 3.85. The lowest BCUT2D eigenvalue weighted by Crippen LogP contribution is -2.39. The molecule has 0 radical (unpaired) electrons. The molecule has 25 heavy (non-hydrogen) atoms. The number of esters is 1. The molecule has 1 amide bonds.